The Morgan fingerprint density at radius 1 is 0.387 bits per heavy atom. The van der Waals surface area contributed by atoms with E-state index in [1.807, 2.05) is 36.4 Å². The van der Waals surface area contributed by atoms with Crippen LogP contribution in [0.3, 0.4) is 0 Å². The summed E-state index contributed by atoms with van der Waals surface area (Å²) < 4.78 is 4.95. The predicted octanol–water partition coefficient (Wildman–Crippen LogP) is 14.6. The number of rotatable bonds is 5. The van der Waals surface area contributed by atoms with Gasteiger partial charge in [0.1, 0.15) is 0 Å². The molecule has 0 spiro atoms. The quantitative estimate of drug-likeness (QED) is 0.156. The fourth-order valence-electron chi connectivity index (χ4n) is 9.98. The molecule has 0 bridgehead atoms. The molecule has 1 atom stereocenters. The molecule has 2 aromatic heterocycles. The van der Waals surface area contributed by atoms with Gasteiger partial charge in [0, 0.05) is 32.6 Å². The Hall–Kier alpha value is -8.28. The van der Waals surface area contributed by atoms with Crippen molar-refractivity contribution in [3.8, 4) is 11.4 Å². The lowest BCUT2D eigenvalue weighted by atomic mass is 9.92. The van der Waals surface area contributed by atoms with Gasteiger partial charge in [0.2, 0.25) is 0 Å². The third-order valence-electron chi connectivity index (χ3n) is 12.7. The first-order valence-electron chi connectivity index (χ1n) is 21.1. The molecule has 62 heavy (non-hydrogen) atoms. The minimum atomic E-state index is -0.406. The summed E-state index contributed by atoms with van der Waals surface area (Å²) in [6, 6.07) is 76.0. The van der Waals surface area contributed by atoms with Gasteiger partial charge in [0.25, 0.3) is 0 Å². The van der Waals surface area contributed by atoms with E-state index < -0.39 is 6.17 Å². The molecule has 5 heteroatoms. The molecular formula is C57H36N5-. The van der Waals surface area contributed by atoms with E-state index in [4.69, 9.17) is 15.3 Å². The third-order valence-corrected chi connectivity index (χ3v) is 12.7. The van der Waals surface area contributed by atoms with Crippen LogP contribution in [0.15, 0.2) is 222 Å². The zero-order valence-corrected chi connectivity index (χ0v) is 33.5. The summed E-state index contributed by atoms with van der Waals surface area (Å²) in [6.07, 6.45) is -0.406. The molecule has 0 fully saturated rings. The van der Waals surface area contributed by atoms with Gasteiger partial charge in [-0.2, -0.15) is 0 Å². The first-order valence-corrected chi connectivity index (χ1v) is 21.1. The predicted molar refractivity (Wildman–Crippen MR) is 260 cm³/mol. The number of amidine groups is 2. The van der Waals surface area contributed by atoms with E-state index in [9.17, 15) is 0 Å². The van der Waals surface area contributed by atoms with Gasteiger partial charge in [-0.25, -0.2) is 0 Å². The van der Waals surface area contributed by atoms with Crippen LogP contribution in [0.5, 0.6) is 0 Å². The van der Waals surface area contributed by atoms with Crippen molar-refractivity contribution in [2.45, 2.75) is 6.17 Å². The van der Waals surface area contributed by atoms with E-state index in [0.29, 0.717) is 11.7 Å². The van der Waals surface area contributed by atoms with Crippen molar-refractivity contribution in [1.82, 2.24) is 9.13 Å². The lowest BCUT2D eigenvalue weighted by Crippen LogP contribution is -2.15. The summed E-state index contributed by atoms with van der Waals surface area (Å²) in [4.78, 5) is 10.3. The first kappa shape index (κ1) is 34.6. The minimum Gasteiger partial charge on any atom is -0.438 e. The number of benzene rings is 10. The summed E-state index contributed by atoms with van der Waals surface area (Å²) in [5, 5.41) is 17.2. The fraction of sp³-hybridized carbons (Fsp3) is 0.0175. The number of aromatic nitrogens is 2. The normalized spacial score (nSPS) is 14.3. The average molecular weight is 791 g/mol. The lowest BCUT2D eigenvalue weighted by Gasteiger charge is -2.32. The molecule has 10 aromatic carbocycles. The number of hydrogen-bond acceptors (Lipinski definition) is 2. The van der Waals surface area contributed by atoms with Crippen LogP contribution in [0.2, 0.25) is 0 Å². The standard InChI is InChI=1S/C57H36N5/c1-4-17-36(18-5-1)55-58-56(37-19-6-2-7-20-37)60-57(59-55)38-31-32-41-40-23-10-11-25-43(40)52-44(47(41)35-38)27-16-30-50(52)62-49-29-15-13-26-46(49)53-51(62)34-33-45-42-24-12-14-28-48(42)61(54(45)53)39-21-8-3-9-22-39/h1-35,55H/q-1. The molecule has 0 N–H and O–H groups in total. The molecule has 0 amide bonds. The van der Waals surface area contributed by atoms with Crippen LogP contribution in [0.4, 0.5) is 0 Å². The van der Waals surface area contributed by atoms with Crippen molar-refractivity contribution in [3.05, 3.63) is 234 Å². The molecule has 1 aliphatic heterocycles. The second-order valence-corrected chi connectivity index (χ2v) is 16.1. The van der Waals surface area contributed by atoms with Crippen molar-refractivity contribution >= 4 is 87.6 Å². The Kier molecular flexibility index (Phi) is 7.60. The second-order valence-electron chi connectivity index (χ2n) is 16.1. The summed E-state index contributed by atoms with van der Waals surface area (Å²) in [7, 11) is 0. The lowest BCUT2D eigenvalue weighted by molar-refractivity contribution is 0.878. The van der Waals surface area contributed by atoms with Gasteiger partial charge in [-0.15, -0.1) is 0 Å². The third kappa shape index (κ3) is 5.15. The molecule has 0 saturated heterocycles. The molecule has 1 unspecified atom stereocenters. The smallest absolute Gasteiger partial charge is 0.0822 e. The minimum absolute atomic E-state index is 0.406. The SMILES string of the molecule is c1ccc(C2=NC(c3ccc4c5ccccc5c5c(-n6c7ccccc7c7c6ccc6c8ccccc8n(-c8ccccc8)c67)cccc5c4c3)=NC(c3ccccc3)[N-]2)cc1. The topological polar surface area (TPSA) is 48.7 Å². The summed E-state index contributed by atoms with van der Waals surface area (Å²) >= 11 is 0. The van der Waals surface area contributed by atoms with Gasteiger partial charge in [-0.3, -0.25) is 4.99 Å². The Bertz CT molecular complexity index is 3820. The number of fused-ring (bicyclic) bond motifs is 13. The Morgan fingerprint density at radius 2 is 0.984 bits per heavy atom. The number of nitrogens with zero attached hydrogens (tertiary/aromatic N) is 5. The monoisotopic (exact) mass is 790 g/mol. The van der Waals surface area contributed by atoms with E-state index in [1.54, 1.807) is 0 Å². The molecule has 12 aromatic rings. The van der Waals surface area contributed by atoms with E-state index in [1.165, 1.54) is 70.5 Å². The highest BCUT2D eigenvalue weighted by Crippen LogP contribution is 2.45. The van der Waals surface area contributed by atoms with Crippen LogP contribution in [0.25, 0.3) is 92.6 Å². The molecule has 290 valence electrons. The largest absolute Gasteiger partial charge is 0.438 e. The maximum Gasteiger partial charge on any atom is 0.0822 e. The van der Waals surface area contributed by atoms with E-state index >= 15 is 0 Å². The van der Waals surface area contributed by atoms with Crippen LogP contribution >= 0.6 is 0 Å². The van der Waals surface area contributed by atoms with E-state index in [0.717, 1.165) is 33.5 Å². The molecule has 3 heterocycles. The zero-order chi connectivity index (χ0) is 40.7. The number of hydrogen-bond donors (Lipinski definition) is 0. The molecule has 0 saturated carbocycles. The maximum absolute atomic E-state index is 5.20. The maximum atomic E-state index is 5.20. The van der Waals surface area contributed by atoms with Gasteiger partial charge in [-0.05, 0) is 86.1 Å². The average Bonchev–Trinajstić information content (AvgIpc) is 3.87. The highest BCUT2D eigenvalue weighted by atomic mass is 15.2. The van der Waals surface area contributed by atoms with Crippen LogP contribution < -0.4 is 0 Å². The fourth-order valence-corrected chi connectivity index (χ4v) is 9.98. The van der Waals surface area contributed by atoms with Crippen molar-refractivity contribution in [3.63, 3.8) is 0 Å². The van der Waals surface area contributed by atoms with Crippen molar-refractivity contribution in [1.29, 1.82) is 0 Å². The Balaban J connectivity index is 1.10. The van der Waals surface area contributed by atoms with Crippen LogP contribution in [-0.4, -0.2) is 20.8 Å². The van der Waals surface area contributed by atoms with Gasteiger partial charge in [-0.1, -0.05) is 176 Å². The van der Waals surface area contributed by atoms with E-state index in [2.05, 4.69) is 185 Å². The number of aliphatic imine (C=N–C) groups is 2. The molecule has 13 rings (SSSR count). The van der Waals surface area contributed by atoms with Gasteiger partial charge >= 0.3 is 0 Å². The van der Waals surface area contributed by atoms with Crippen molar-refractivity contribution in [2.75, 3.05) is 0 Å². The van der Waals surface area contributed by atoms with Crippen LogP contribution in [0, 0.1) is 0 Å². The van der Waals surface area contributed by atoms with E-state index in [-0.39, 0.29) is 0 Å². The van der Waals surface area contributed by atoms with Gasteiger partial charge in [0.05, 0.1) is 39.8 Å². The molecular weight excluding hydrogens is 755 g/mol. The molecule has 5 nitrogen and oxygen atoms in total. The summed E-state index contributed by atoms with van der Waals surface area (Å²) in [6.45, 7) is 0. The first-order chi connectivity index (χ1) is 30.8. The highest BCUT2D eigenvalue weighted by molar-refractivity contribution is 6.30. The van der Waals surface area contributed by atoms with Crippen LogP contribution in [0.1, 0.15) is 22.9 Å². The zero-order valence-electron chi connectivity index (χ0n) is 33.5. The Morgan fingerprint density at radius 3 is 1.77 bits per heavy atom. The molecule has 0 aliphatic carbocycles. The van der Waals surface area contributed by atoms with Crippen molar-refractivity contribution in [2.24, 2.45) is 9.98 Å². The van der Waals surface area contributed by atoms with Crippen molar-refractivity contribution < 1.29 is 0 Å². The summed E-state index contributed by atoms with van der Waals surface area (Å²) in [5.41, 5.74) is 9.99. The summed E-state index contributed by atoms with van der Waals surface area (Å²) in [5.74, 6) is 1.36. The molecule has 0 radical (unpaired) electrons. The highest BCUT2D eigenvalue weighted by Gasteiger charge is 2.23. The van der Waals surface area contributed by atoms with Crippen LogP contribution in [-0.2, 0) is 0 Å². The second kappa shape index (κ2) is 13.6. The molecule has 1 aliphatic rings. The van der Waals surface area contributed by atoms with Gasteiger partial charge in [0.15, 0.2) is 0 Å². The Labute approximate surface area is 357 Å². The number of para-hydroxylation sites is 3. The van der Waals surface area contributed by atoms with Gasteiger partial charge < -0.3 is 19.4 Å².